The molecule has 0 unspecified atom stereocenters. The van der Waals surface area contributed by atoms with Gasteiger partial charge >= 0.3 is 0 Å². The molecule has 0 bridgehead atoms. The number of aliphatic hydroxyl groups excluding tert-OH is 1. The van der Waals surface area contributed by atoms with Crippen LogP contribution in [0.4, 0.5) is 10.1 Å². The minimum absolute atomic E-state index is 0.0122. The lowest BCUT2D eigenvalue weighted by molar-refractivity contribution is 0.277. The summed E-state index contributed by atoms with van der Waals surface area (Å²) >= 11 is 5.81. The Bertz CT molecular complexity index is 1060. The topological polar surface area (TPSA) is 71.7 Å². The molecule has 0 saturated heterocycles. The van der Waals surface area contributed by atoms with Crippen LogP contribution in [0.3, 0.4) is 0 Å². The van der Waals surface area contributed by atoms with Crippen molar-refractivity contribution < 1.29 is 9.50 Å². The summed E-state index contributed by atoms with van der Waals surface area (Å²) in [7, 11) is 0. The molecule has 2 aromatic carbocycles. The number of aromatic nitrogens is 1. The number of benzene rings is 2. The second-order valence-electron chi connectivity index (χ2n) is 6.05. The zero-order valence-electron chi connectivity index (χ0n) is 14.0. The summed E-state index contributed by atoms with van der Waals surface area (Å²) in [6.45, 7) is 1.74. The molecule has 26 heavy (non-hydrogen) atoms. The lowest BCUT2D eigenvalue weighted by Crippen LogP contribution is -2.14. The molecule has 1 aromatic heterocycles. The SMILES string of the molecule is Cc1cn(CCO)c2c(N=O)cc(Cc3cccc(Cl)c3F)cc2c1=O. The van der Waals surface area contributed by atoms with Crippen molar-refractivity contribution in [2.75, 3.05) is 6.61 Å². The molecule has 3 aromatic rings. The highest BCUT2D eigenvalue weighted by atomic mass is 35.5. The Morgan fingerprint density at radius 3 is 2.77 bits per heavy atom. The number of rotatable bonds is 5. The molecule has 5 nitrogen and oxygen atoms in total. The second kappa shape index (κ2) is 7.35. The molecule has 0 aliphatic heterocycles. The number of aliphatic hydroxyl groups is 1. The standard InChI is InChI=1S/C19H16ClFN2O3/c1-11-10-23(5-6-24)18-14(19(11)25)8-12(9-16(18)22-26)7-13-3-2-4-15(20)17(13)21/h2-4,8-10,24H,5-7H2,1H3. The quantitative estimate of drug-likeness (QED) is 0.684. The van der Waals surface area contributed by atoms with E-state index in [9.17, 15) is 19.2 Å². The molecule has 0 amide bonds. The van der Waals surface area contributed by atoms with E-state index in [-0.39, 0.29) is 35.7 Å². The summed E-state index contributed by atoms with van der Waals surface area (Å²) in [4.78, 5) is 23.9. The molecular weight excluding hydrogens is 359 g/mol. The molecule has 0 atom stereocenters. The van der Waals surface area contributed by atoms with Gasteiger partial charge in [-0.25, -0.2) is 4.39 Å². The molecule has 0 aliphatic carbocycles. The van der Waals surface area contributed by atoms with Crippen LogP contribution in [-0.4, -0.2) is 16.3 Å². The van der Waals surface area contributed by atoms with Crippen LogP contribution in [0, 0.1) is 17.6 Å². The summed E-state index contributed by atoms with van der Waals surface area (Å²) in [6.07, 6.45) is 1.75. The molecule has 1 N–H and O–H groups in total. The maximum Gasteiger partial charge on any atom is 0.192 e. The van der Waals surface area contributed by atoms with Crippen LogP contribution >= 0.6 is 11.6 Å². The fourth-order valence-electron chi connectivity index (χ4n) is 3.08. The summed E-state index contributed by atoms with van der Waals surface area (Å²) < 4.78 is 15.8. The van der Waals surface area contributed by atoms with E-state index in [1.807, 2.05) is 0 Å². The van der Waals surface area contributed by atoms with E-state index in [1.54, 1.807) is 35.9 Å². The van der Waals surface area contributed by atoms with Crippen molar-refractivity contribution in [2.24, 2.45) is 5.18 Å². The highest BCUT2D eigenvalue weighted by Crippen LogP contribution is 2.29. The fourth-order valence-corrected chi connectivity index (χ4v) is 3.28. The van der Waals surface area contributed by atoms with Gasteiger partial charge in [0.05, 0.1) is 17.1 Å². The van der Waals surface area contributed by atoms with E-state index >= 15 is 0 Å². The zero-order chi connectivity index (χ0) is 18.8. The first-order valence-electron chi connectivity index (χ1n) is 8.00. The van der Waals surface area contributed by atoms with Crippen LogP contribution in [-0.2, 0) is 13.0 Å². The van der Waals surface area contributed by atoms with Crippen molar-refractivity contribution in [3.8, 4) is 0 Å². The molecular formula is C19H16ClFN2O3. The third kappa shape index (κ3) is 3.25. The van der Waals surface area contributed by atoms with Gasteiger partial charge in [-0.05, 0) is 41.4 Å². The van der Waals surface area contributed by atoms with E-state index in [0.29, 0.717) is 27.6 Å². The van der Waals surface area contributed by atoms with E-state index in [1.165, 1.54) is 12.1 Å². The van der Waals surface area contributed by atoms with E-state index in [2.05, 4.69) is 5.18 Å². The Labute approximate surface area is 153 Å². The largest absolute Gasteiger partial charge is 0.395 e. The Morgan fingerprint density at radius 2 is 2.08 bits per heavy atom. The highest BCUT2D eigenvalue weighted by molar-refractivity contribution is 6.30. The van der Waals surface area contributed by atoms with Crippen molar-refractivity contribution in [1.29, 1.82) is 0 Å². The normalized spacial score (nSPS) is 11.1. The molecule has 0 radical (unpaired) electrons. The molecule has 0 spiro atoms. The Morgan fingerprint density at radius 1 is 1.31 bits per heavy atom. The summed E-state index contributed by atoms with van der Waals surface area (Å²) in [5.74, 6) is -0.531. The van der Waals surface area contributed by atoms with E-state index < -0.39 is 5.82 Å². The Kier molecular flexibility index (Phi) is 5.15. The zero-order valence-corrected chi connectivity index (χ0v) is 14.8. The average molecular weight is 375 g/mol. The first kappa shape index (κ1) is 18.2. The molecule has 7 heteroatoms. The summed E-state index contributed by atoms with van der Waals surface area (Å²) in [5.41, 5.74) is 1.62. The molecule has 1 heterocycles. The van der Waals surface area contributed by atoms with Crippen molar-refractivity contribution in [3.05, 3.63) is 79.2 Å². The molecule has 0 fully saturated rings. The Balaban J connectivity index is 2.23. The van der Waals surface area contributed by atoms with Gasteiger partial charge in [-0.2, -0.15) is 0 Å². The van der Waals surface area contributed by atoms with Gasteiger partial charge in [0, 0.05) is 30.1 Å². The predicted molar refractivity (Wildman–Crippen MR) is 99.7 cm³/mol. The van der Waals surface area contributed by atoms with Crippen molar-refractivity contribution in [1.82, 2.24) is 4.57 Å². The van der Waals surface area contributed by atoms with E-state index in [0.717, 1.165) is 0 Å². The highest BCUT2D eigenvalue weighted by Gasteiger charge is 2.15. The van der Waals surface area contributed by atoms with Crippen LogP contribution < -0.4 is 5.43 Å². The van der Waals surface area contributed by atoms with Gasteiger partial charge in [0.2, 0.25) is 0 Å². The molecule has 134 valence electrons. The fraction of sp³-hybridized carbons (Fsp3) is 0.211. The number of hydrogen-bond acceptors (Lipinski definition) is 4. The number of pyridine rings is 1. The van der Waals surface area contributed by atoms with Gasteiger partial charge < -0.3 is 9.67 Å². The van der Waals surface area contributed by atoms with Gasteiger partial charge in [-0.15, -0.1) is 4.91 Å². The van der Waals surface area contributed by atoms with Crippen LogP contribution in [0.5, 0.6) is 0 Å². The third-order valence-electron chi connectivity index (χ3n) is 4.25. The van der Waals surface area contributed by atoms with Crippen molar-refractivity contribution in [2.45, 2.75) is 19.9 Å². The number of halogens is 2. The van der Waals surface area contributed by atoms with Gasteiger partial charge in [0.1, 0.15) is 11.5 Å². The maximum absolute atomic E-state index is 14.2. The number of hydrogen-bond donors (Lipinski definition) is 1. The summed E-state index contributed by atoms with van der Waals surface area (Å²) in [5, 5.41) is 12.6. The lowest BCUT2D eigenvalue weighted by atomic mass is 10.0. The second-order valence-corrected chi connectivity index (χ2v) is 6.46. The maximum atomic E-state index is 14.2. The first-order chi connectivity index (χ1) is 12.5. The average Bonchev–Trinajstić information content (AvgIpc) is 2.62. The number of fused-ring (bicyclic) bond motifs is 1. The van der Waals surface area contributed by atoms with Crippen molar-refractivity contribution >= 4 is 28.2 Å². The minimum atomic E-state index is -0.531. The molecule has 3 rings (SSSR count). The Hall–Kier alpha value is -2.57. The van der Waals surface area contributed by atoms with Gasteiger partial charge in [-0.1, -0.05) is 23.7 Å². The smallest absolute Gasteiger partial charge is 0.192 e. The van der Waals surface area contributed by atoms with Crippen LogP contribution in [0.2, 0.25) is 5.02 Å². The monoisotopic (exact) mass is 374 g/mol. The van der Waals surface area contributed by atoms with Crippen LogP contribution in [0.15, 0.2) is 46.5 Å². The first-order valence-corrected chi connectivity index (χ1v) is 8.37. The lowest BCUT2D eigenvalue weighted by Gasteiger charge is -2.14. The van der Waals surface area contributed by atoms with Gasteiger partial charge in [0.15, 0.2) is 5.43 Å². The number of nitroso groups, excluding NO2 is 1. The number of nitrogens with zero attached hydrogens (tertiary/aromatic N) is 2. The molecule has 0 aliphatic rings. The minimum Gasteiger partial charge on any atom is -0.395 e. The predicted octanol–water partition coefficient (Wildman–Crippen LogP) is 4.08. The number of aryl methyl sites for hydroxylation is 1. The van der Waals surface area contributed by atoms with E-state index in [4.69, 9.17) is 11.6 Å². The van der Waals surface area contributed by atoms with Crippen LogP contribution in [0.1, 0.15) is 16.7 Å². The van der Waals surface area contributed by atoms with Gasteiger partial charge in [-0.3, -0.25) is 4.79 Å². The van der Waals surface area contributed by atoms with Crippen LogP contribution in [0.25, 0.3) is 10.9 Å². The third-order valence-corrected chi connectivity index (χ3v) is 4.55. The van der Waals surface area contributed by atoms with Gasteiger partial charge in [0.25, 0.3) is 0 Å². The molecule has 0 saturated carbocycles. The van der Waals surface area contributed by atoms with Crippen molar-refractivity contribution in [3.63, 3.8) is 0 Å². The summed E-state index contributed by atoms with van der Waals surface area (Å²) in [6, 6.07) is 7.85.